The third kappa shape index (κ3) is 4.67. The number of amides is 1. The summed E-state index contributed by atoms with van der Waals surface area (Å²) in [5, 5.41) is 15.8. The van der Waals surface area contributed by atoms with Crippen molar-refractivity contribution in [1.29, 1.82) is 5.26 Å². The molecule has 1 amide bonds. The largest absolute Gasteiger partial charge is 0.352 e. The Morgan fingerprint density at radius 1 is 1.39 bits per heavy atom. The van der Waals surface area contributed by atoms with Crippen molar-refractivity contribution >= 4 is 57.0 Å². The lowest BCUT2D eigenvalue weighted by Gasteiger charge is -2.27. The van der Waals surface area contributed by atoms with E-state index in [0.717, 1.165) is 24.8 Å². The minimum atomic E-state index is -1.73. The molecule has 0 unspecified atom stereocenters. The van der Waals surface area contributed by atoms with E-state index in [1.54, 1.807) is 0 Å². The second-order valence-electron chi connectivity index (χ2n) is 5.96. The Bertz CT molecular complexity index is 631. The molecule has 0 saturated heterocycles. The summed E-state index contributed by atoms with van der Waals surface area (Å²) in [6, 6.07) is 2.22. The number of nitrogens with one attached hydrogen (secondary N) is 2. The van der Waals surface area contributed by atoms with Gasteiger partial charge in [0.25, 0.3) is 0 Å². The molecule has 0 aliphatic heterocycles. The van der Waals surface area contributed by atoms with E-state index in [2.05, 4.69) is 16.7 Å². The van der Waals surface area contributed by atoms with Gasteiger partial charge >= 0.3 is 0 Å². The molecule has 0 bridgehead atoms. The Hall–Kier alpha value is -0.670. The Labute approximate surface area is 155 Å². The lowest BCUT2D eigenvalue weighted by Crippen LogP contribution is -2.49. The van der Waals surface area contributed by atoms with E-state index in [1.807, 2.05) is 13.8 Å². The van der Waals surface area contributed by atoms with Crippen molar-refractivity contribution in [3.8, 4) is 6.07 Å². The van der Waals surface area contributed by atoms with Crippen molar-refractivity contribution in [3.05, 3.63) is 16.0 Å². The summed E-state index contributed by atoms with van der Waals surface area (Å²) >= 11 is 19.5. The number of hydrogen-bond acceptors (Lipinski definition) is 4. The van der Waals surface area contributed by atoms with Gasteiger partial charge in [-0.05, 0) is 30.7 Å². The van der Waals surface area contributed by atoms with Crippen LogP contribution >= 0.6 is 46.1 Å². The number of carbonyl (C=O) groups is 1. The third-order valence-corrected chi connectivity index (χ3v) is 5.41. The average Bonchev–Trinajstić information content (AvgIpc) is 2.95. The van der Waals surface area contributed by atoms with Crippen LogP contribution in [0.1, 0.15) is 42.7 Å². The molecule has 0 radical (unpaired) electrons. The van der Waals surface area contributed by atoms with Gasteiger partial charge in [0.15, 0.2) is 0 Å². The molecule has 4 nitrogen and oxygen atoms in total. The molecule has 1 aromatic rings. The quantitative estimate of drug-likeness (QED) is 0.575. The number of halogens is 3. The zero-order valence-corrected chi connectivity index (χ0v) is 16.0. The van der Waals surface area contributed by atoms with Crippen molar-refractivity contribution in [2.75, 3.05) is 5.32 Å². The highest BCUT2D eigenvalue weighted by molar-refractivity contribution is 7.16. The Balaban J connectivity index is 2.19. The van der Waals surface area contributed by atoms with E-state index >= 15 is 0 Å². The van der Waals surface area contributed by atoms with Gasteiger partial charge in [0.1, 0.15) is 17.2 Å². The van der Waals surface area contributed by atoms with Gasteiger partial charge in [-0.2, -0.15) is 5.26 Å². The normalized spacial score (nSPS) is 15.2. The molecule has 8 heteroatoms. The van der Waals surface area contributed by atoms with Crippen LogP contribution in [0.4, 0.5) is 5.00 Å². The fraction of sp³-hybridized carbons (Fsp3) is 0.600. The second kappa shape index (κ2) is 7.48. The summed E-state index contributed by atoms with van der Waals surface area (Å²) in [5.41, 5.74) is 1.68. The van der Waals surface area contributed by atoms with E-state index in [4.69, 9.17) is 34.8 Å². The van der Waals surface area contributed by atoms with Crippen molar-refractivity contribution in [2.24, 2.45) is 5.92 Å². The van der Waals surface area contributed by atoms with Gasteiger partial charge in [0.2, 0.25) is 9.70 Å². The molecule has 1 aliphatic rings. The molecule has 1 aromatic heterocycles. The number of alkyl halides is 3. The fourth-order valence-electron chi connectivity index (χ4n) is 2.55. The standard InChI is InChI=1S/C15H18Cl3N3OS/c1-8(2)6-12(22)20-14(15(16,17)18)21-13-10(7-19)9-4-3-5-11(9)23-13/h8,14,21H,3-6H2,1-2H3,(H,20,22)/t14-/m1/s1. The van der Waals surface area contributed by atoms with E-state index in [0.29, 0.717) is 17.0 Å². The maximum Gasteiger partial charge on any atom is 0.228 e. The number of fused-ring (bicyclic) bond motifs is 1. The number of thiophene rings is 1. The molecule has 23 heavy (non-hydrogen) atoms. The molecule has 1 atom stereocenters. The highest BCUT2D eigenvalue weighted by Gasteiger charge is 2.35. The fourth-order valence-corrected chi connectivity index (χ4v) is 4.14. The number of anilines is 1. The van der Waals surface area contributed by atoms with E-state index in [-0.39, 0.29) is 11.8 Å². The maximum atomic E-state index is 12.0. The number of hydrogen-bond donors (Lipinski definition) is 2. The Kier molecular flexibility index (Phi) is 6.07. The first-order chi connectivity index (χ1) is 10.7. The van der Waals surface area contributed by atoms with E-state index in [9.17, 15) is 10.1 Å². The number of carbonyl (C=O) groups excluding carboxylic acids is 1. The van der Waals surface area contributed by atoms with Crippen LogP contribution in [0.3, 0.4) is 0 Å². The summed E-state index contributed by atoms with van der Waals surface area (Å²) in [4.78, 5) is 13.2. The molecule has 0 fully saturated rings. The van der Waals surface area contributed by atoms with Gasteiger partial charge in [-0.15, -0.1) is 11.3 Å². The zero-order valence-electron chi connectivity index (χ0n) is 12.9. The highest BCUT2D eigenvalue weighted by atomic mass is 35.6. The maximum absolute atomic E-state index is 12.0. The molecule has 2 rings (SSSR count). The van der Waals surface area contributed by atoms with Crippen molar-refractivity contribution in [1.82, 2.24) is 5.32 Å². The molecule has 0 spiro atoms. The van der Waals surface area contributed by atoms with Crippen LogP contribution in [-0.4, -0.2) is 15.9 Å². The van der Waals surface area contributed by atoms with Gasteiger partial charge in [-0.3, -0.25) is 4.79 Å². The Morgan fingerprint density at radius 2 is 2.09 bits per heavy atom. The number of nitriles is 1. The Morgan fingerprint density at radius 3 is 2.65 bits per heavy atom. The molecule has 0 saturated carbocycles. The molecule has 126 valence electrons. The minimum Gasteiger partial charge on any atom is -0.352 e. The molecular weight excluding hydrogens is 377 g/mol. The lowest BCUT2D eigenvalue weighted by atomic mass is 10.1. The van der Waals surface area contributed by atoms with Crippen LogP contribution in [0.2, 0.25) is 0 Å². The average molecular weight is 395 g/mol. The highest BCUT2D eigenvalue weighted by Crippen LogP contribution is 2.40. The van der Waals surface area contributed by atoms with Crippen LogP contribution in [0.25, 0.3) is 0 Å². The van der Waals surface area contributed by atoms with Crippen LogP contribution in [-0.2, 0) is 17.6 Å². The predicted molar refractivity (Wildman–Crippen MR) is 96.4 cm³/mol. The van der Waals surface area contributed by atoms with E-state index in [1.165, 1.54) is 16.2 Å². The topological polar surface area (TPSA) is 64.9 Å². The van der Waals surface area contributed by atoms with E-state index < -0.39 is 9.96 Å². The van der Waals surface area contributed by atoms with Crippen LogP contribution in [0, 0.1) is 17.2 Å². The SMILES string of the molecule is CC(C)CC(=O)N[C@H](Nc1sc2c(c1C#N)CCC2)C(Cl)(Cl)Cl. The molecular formula is C15H18Cl3N3OS. The van der Waals surface area contributed by atoms with Crippen molar-refractivity contribution in [2.45, 2.75) is 49.5 Å². The first-order valence-corrected chi connectivity index (χ1v) is 9.34. The molecule has 2 N–H and O–H groups in total. The van der Waals surface area contributed by atoms with Gasteiger partial charge in [-0.1, -0.05) is 48.7 Å². The molecule has 0 aromatic carbocycles. The zero-order chi connectivity index (χ0) is 17.2. The minimum absolute atomic E-state index is 0.200. The lowest BCUT2D eigenvalue weighted by molar-refractivity contribution is -0.122. The monoisotopic (exact) mass is 393 g/mol. The van der Waals surface area contributed by atoms with Crippen LogP contribution in [0.15, 0.2) is 0 Å². The summed E-state index contributed by atoms with van der Waals surface area (Å²) in [6.07, 6.45) is 2.37. The summed E-state index contributed by atoms with van der Waals surface area (Å²) < 4.78 is -1.73. The van der Waals surface area contributed by atoms with Gasteiger partial charge in [0, 0.05) is 11.3 Å². The van der Waals surface area contributed by atoms with Gasteiger partial charge in [-0.25, -0.2) is 0 Å². The summed E-state index contributed by atoms with van der Waals surface area (Å²) in [6.45, 7) is 3.88. The van der Waals surface area contributed by atoms with Gasteiger partial charge < -0.3 is 10.6 Å². The molecule has 1 aliphatic carbocycles. The number of rotatable bonds is 5. The third-order valence-electron chi connectivity index (χ3n) is 3.53. The van der Waals surface area contributed by atoms with Crippen molar-refractivity contribution < 1.29 is 4.79 Å². The van der Waals surface area contributed by atoms with Crippen molar-refractivity contribution in [3.63, 3.8) is 0 Å². The van der Waals surface area contributed by atoms with Crippen LogP contribution < -0.4 is 10.6 Å². The summed E-state index contributed by atoms with van der Waals surface area (Å²) in [7, 11) is 0. The first-order valence-electron chi connectivity index (χ1n) is 7.39. The number of nitrogens with zero attached hydrogens (tertiary/aromatic N) is 1. The smallest absolute Gasteiger partial charge is 0.228 e. The van der Waals surface area contributed by atoms with Crippen LogP contribution in [0.5, 0.6) is 0 Å². The second-order valence-corrected chi connectivity index (χ2v) is 9.43. The predicted octanol–water partition coefficient (Wildman–Crippen LogP) is 4.38. The number of aryl methyl sites for hydroxylation is 1. The molecule has 1 heterocycles. The first kappa shape index (κ1) is 18.7. The summed E-state index contributed by atoms with van der Waals surface area (Å²) in [5.74, 6) is -0.00216. The van der Waals surface area contributed by atoms with Gasteiger partial charge in [0.05, 0.1) is 5.56 Å².